The number of rotatable bonds is 2. The molecule has 0 aromatic heterocycles. The van der Waals surface area contributed by atoms with Crippen molar-refractivity contribution in [3.63, 3.8) is 0 Å². The van der Waals surface area contributed by atoms with Crippen molar-refractivity contribution in [1.29, 1.82) is 0 Å². The minimum absolute atomic E-state index is 0.311. The number of alkyl halides is 1. The van der Waals surface area contributed by atoms with Crippen LogP contribution in [0.5, 0.6) is 0 Å². The first-order valence-corrected chi connectivity index (χ1v) is 3.86. The summed E-state index contributed by atoms with van der Waals surface area (Å²) in [6.45, 7) is 2.29. The Balaban J connectivity index is 2.46. The van der Waals surface area contributed by atoms with Gasteiger partial charge in [-0.2, -0.15) is 0 Å². The highest BCUT2D eigenvalue weighted by Gasteiger charge is 2.24. The normalized spacial score (nSPS) is 31.7. The molecule has 11 heavy (non-hydrogen) atoms. The maximum atomic E-state index is 12.8. The predicted molar refractivity (Wildman–Crippen MR) is 38.7 cm³/mol. The molecule has 0 N–H and O–H groups in total. The second-order valence-corrected chi connectivity index (χ2v) is 2.59. The highest BCUT2D eigenvalue weighted by atomic mass is 19.1. The van der Waals surface area contributed by atoms with E-state index in [9.17, 15) is 8.78 Å². The number of ether oxygens (including phenoxy) is 1. The Morgan fingerprint density at radius 2 is 2.45 bits per heavy atom. The van der Waals surface area contributed by atoms with E-state index in [0.29, 0.717) is 19.4 Å². The number of halogens is 2. The first-order chi connectivity index (χ1) is 5.24. The van der Waals surface area contributed by atoms with Crippen LogP contribution in [0.15, 0.2) is 11.9 Å². The van der Waals surface area contributed by atoms with Crippen LogP contribution in [0.25, 0.3) is 0 Å². The van der Waals surface area contributed by atoms with Crippen LogP contribution in [0.4, 0.5) is 8.78 Å². The van der Waals surface area contributed by atoms with Crippen molar-refractivity contribution in [3.8, 4) is 0 Å². The summed E-state index contributed by atoms with van der Waals surface area (Å²) in [5.74, 6) is -0.353. The van der Waals surface area contributed by atoms with Crippen LogP contribution in [0.1, 0.15) is 19.8 Å². The minimum atomic E-state index is -1.26. The zero-order valence-corrected chi connectivity index (χ0v) is 6.52. The molecule has 0 saturated carbocycles. The molecule has 0 radical (unpaired) electrons. The molecular weight excluding hydrogens is 150 g/mol. The van der Waals surface area contributed by atoms with Gasteiger partial charge < -0.3 is 4.74 Å². The molecule has 1 rings (SSSR count). The van der Waals surface area contributed by atoms with Crippen molar-refractivity contribution in [3.05, 3.63) is 11.9 Å². The number of hydrogen-bond donors (Lipinski definition) is 0. The van der Waals surface area contributed by atoms with Gasteiger partial charge in [0, 0.05) is 13.0 Å². The van der Waals surface area contributed by atoms with Gasteiger partial charge in [-0.05, 0) is 19.4 Å². The third-order valence-electron chi connectivity index (χ3n) is 1.74. The van der Waals surface area contributed by atoms with Crippen LogP contribution in [-0.4, -0.2) is 18.9 Å². The fraction of sp³-hybridized carbons (Fsp3) is 0.750. The number of hydrogen-bond acceptors (Lipinski definition) is 1. The Morgan fingerprint density at radius 3 is 3.00 bits per heavy atom. The van der Waals surface area contributed by atoms with Gasteiger partial charge in [-0.3, -0.25) is 0 Å². The van der Waals surface area contributed by atoms with Crippen molar-refractivity contribution >= 4 is 0 Å². The van der Waals surface area contributed by atoms with Crippen LogP contribution in [0.2, 0.25) is 0 Å². The van der Waals surface area contributed by atoms with E-state index in [4.69, 9.17) is 4.74 Å². The summed E-state index contributed by atoms with van der Waals surface area (Å²) in [6.07, 6.45) is 0.0786. The third-order valence-corrected chi connectivity index (χ3v) is 1.74. The lowest BCUT2D eigenvalue weighted by Crippen LogP contribution is -2.27. The predicted octanol–water partition coefficient (Wildman–Crippen LogP) is 2.38. The molecule has 0 bridgehead atoms. The maximum absolute atomic E-state index is 12.8. The van der Waals surface area contributed by atoms with Gasteiger partial charge in [0.05, 0.1) is 11.9 Å². The van der Waals surface area contributed by atoms with Gasteiger partial charge in [0.2, 0.25) is 0 Å². The Hall–Kier alpha value is -0.440. The third kappa shape index (κ3) is 2.26. The SMILES string of the molecule is CCOC1CCC(F)=CC1F. The summed E-state index contributed by atoms with van der Waals surface area (Å²) in [7, 11) is 0. The van der Waals surface area contributed by atoms with Crippen LogP contribution < -0.4 is 0 Å². The van der Waals surface area contributed by atoms with Crippen LogP contribution >= 0.6 is 0 Å². The number of allylic oxidation sites excluding steroid dienone is 1. The molecule has 0 aromatic carbocycles. The molecular formula is C8H12F2O. The average molecular weight is 162 g/mol. The summed E-state index contributed by atoms with van der Waals surface area (Å²) in [5.41, 5.74) is 0. The summed E-state index contributed by atoms with van der Waals surface area (Å²) in [6, 6.07) is 0. The average Bonchev–Trinajstić information content (AvgIpc) is 1.95. The fourth-order valence-electron chi connectivity index (χ4n) is 1.19. The Kier molecular flexibility index (Phi) is 3.00. The van der Waals surface area contributed by atoms with Crippen molar-refractivity contribution in [1.82, 2.24) is 0 Å². The van der Waals surface area contributed by atoms with Crippen LogP contribution in [-0.2, 0) is 4.74 Å². The molecule has 1 aliphatic carbocycles. The van der Waals surface area contributed by atoms with E-state index in [-0.39, 0.29) is 5.83 Å². The molecule has 2 unspecified atom stereocenters. The lowest BCUT2D eigenvalue weighted by molar-refractivity contribution is 0.00888. The minimum Gasteiger partial charge on any atom is -0.375 e. The summed E-state index contributed by atoms with van der Waals surface area (Å²) < 4.78 is 30.3. The zero-order valence-electron chi connectivity index (χ0n) is 6.52. The highest BCUT2D eigenvalue weighted by Crippen LogP contribution is 2.23. The van der Waals surface area contributed by atoms with Gasteiger partial charge in [0.25, 0.3) is 0 Å². The van der Waals surface area contributed by atoms with Crippen molar-refractivity contribution < 1.29 is 13.5 Å². The standard InChI is InChI=1S/C8H12F2O/c1-2-11-8-4-3-6(9)5-7(8)10/h5,7-8H,2-4H2,1H3. The first kappa shape index (κ1) is 8.65. The van der Waals surface area contributed by atoms with Gasteiger partial charge in [0.1, 0.15) is 6.17 Å². The molecule has 0 fully saturated rings. The molecule has 0 saturated heterocycles. The smallest absolute Gasteiger partial charge is 0.147 e. The molecule has 0 aromatic rings. The molecule has 1 aliphatic rings. The fourth-order valence-corrected chi connectivity index (χ4v) is 1.19. The second-order valence-electron chi connectivity index (χ2n) is 2.59. The molecule has 64 valence electrons. The molecule has 2 atom stereocenters. The van der Waals surface area contributed by atoms with Crippen LogP contribution in [0, 0.1) is 0 Å². The lowest BCUT2D eigenvalue weighted by atomic mass is 10.0. The largest absolute Gasteiger partial charge is 0.375 e. The van der Waals surface area contributed by atoms with Gasteiger partial charge >= 0.3 is 0 Å². The van der Waals surface area contributed by atoms with Gasteiger partial charge in [0.15, 0.2) is 0 Å². The van der Waals surface area contributed by atoms with E-state index in [1.807, 2.05) is 0 Å². The van der Waals surface area contributed by atoms with E-state index in [1.54, 1.807) is 6.92 Å². The quantitative estimate of drug-likeness (QED) is 0.605. The summed E-state index contributed by atoms with van der Waals surface area (Å²) >= 11 is 0. The van der Waals surface area contributed by atoms with Crippen LogP contribution in [0.3, 0.4) is 0 Å². The summed E-state index contributed by atoms with van der Waals surface area (Å²) in [4.78, 5) is 0. The molecule has 0 spiro atoms. The topological polar surface area (TPSA) is 9.23 Å². The Morgan fingerprint density at radius 1 is 1.73 bits per heavy atom. The van der Waals surface area contributed by atoms with Gasteiger partial charge in [-0.15, -0.1) is 0 Å². The van der Waals surface area contributed by atoms with E-state index in [1.165, 1.54) is 0 Å². The van der Waals surface area contributed by atoms with Crippen molar-refractivity contribution in [2.45, 2.75) is 32.0 Å². The maximum Gasteiger partial charge on any atom is 0.147 e. The van der Waals surface area contributed by atoms with E-state index >= 15 is 0 Å². The van der Waals surface area contributed by atoms with Gasteiger partial charge in [-0.1, -0.05) is 0 Å². The van der Waals surface area contributed by atoms with Crippen molar-refractivity contribution in [2.75, 3.05) is 6.61 Å². The highest BCUT2D eigenvalue weighted by molar-refractivity contribution is 5.04. The van der Waals surface area contributed by atoms with E-state index < -0.39 is 12.3 Å². The van der Waals surface area contributed by atoms with E-state index in [2.05, 4.69) is 0 Å². The monoisotopic (exact) mass is 162 g/mol. The zero-order chi connectivity index (χ0) is 8.27. The lowest BCUT2D eigenvalue weighted by Gasteiger charge is -2.22. The molecule has 0 heterocycles. The molecule has 1 nitrogen and oxygen atoms in total. The Labute approximate surface area is 65.0 Å². The Bertz CT molecular complexity index is 156. The molecule has 0 aliphatic heterocycles. The molecule has 0 amide bonds. The second kappa shape index (κ2) is 3.81. The van der Waals surface area contributed by atoms with Crippen molar-refractivity contribution in [2.24, 2.45) is 0 Å². The first-order valence-electron chi connectivity index (χ1n) is 3.86. The summed E-state index contributed by atoms with van der Waals surface area (Å²) in [5, 5.41) is 0. The molecule has 3 heteroatoms. The van der Waals surface area contributed by atoms with Gasteiger partial charge in [-0.25, -0.2) is 8.78 Å². The van der Waals surface area contributed by atoms with E-state index in [0.717, 1.165) is 6.08 Å².